The Bertz CT molecular complexity index is 1630. The molecule has 23 nitrogen and oxygen atoms in total. The molecule has 0 spiro atoms. The molecule has 1 aliphatic carbocycles. The summed E-state index contributed by atoms with van der Waals surface area (Å²) in [6.45, 7) is 1.05. The molecule has 0 bridgehead atoms. The summed E-state index contributed by atoms with van der Waals surface area (Å²) >= 11 is 0. The Hall–Kier alpha value is -1.55. The zero-order valence-electron chi connectivity index (χ0n) is 49.3. The predicted octanol–water partition coefficient (Wildman–Crippen LogP) is 5.32. The first-order valence-electron chi connectivity index (χ1n) is 31.4. The van der Waals surface area contributed by atoms with E-state index >= 15 is 0 Å². The summed E-state index contributed by atoms with van der Waals surface area (Å²) in [5.74, 6) is -1.32. The van der Waals surface area contributed by atoms with Gasteiger partial charge >= 0.3 is 19.8 Å². The second-order valence-corrected chi connectivity index (χ2v) is 24.4. The minimum Gasteiger partial charge on any atom is -0.462 e. The van der Waals surface area contributed by atoms with Crippen LogP contribution in [0.4, 0.5) is 0 Å². The van der Waals surface area contributed by atoms with Crippen LogP contribution in [-0.4, -0.2) is 204 Å². The predicted molar refractivity (Wildman–Crippen MR) is 300 cm³/mol. The molecule has 0 aromatic heterocycles. The third-order valence-electron chi connectivity index (χ3n) is 15.9. The lowest BCUT2D eigenvalue weighted by Crippen LogP contribution is -2.69. The van der Waals surface area contributed by atoms with Crippen molar-refractivity contribution in [1.82, 2.24) is 0 Å². The number of carbonyl (C=O) groups excluding carboxylic acids is 2. The van der Waals surface area contributed by atoms with Gasteiger partial charge in [0.2, 0.25) is 0 Å². The molecule has 16 atom stereocenters. The number of hydrogen-bond acceptors (Lipinski definition) is 22. The molecule has 82 heavy (non-hydrogen) atoms. The number of carbonyl (C=O) groups is 2. The molecule has 2 heterocycles. The van der Waals surface area contributed by atoms with Crippen molar-refractivity contribution in [3.05, 3.63) is 0 Å². The topological polar surface area (TPSA) is 368 Å². The van der Waals surface area contributed by atoms with Crippen LogP contribution in [0.1, 0.15) is 226 Å². The van der Waals surface area contributed by atoms with Gasteiger partial charge in [0.05, 0.1) is 19.8 Å². The van der Waals surface area contributed by atoms with E-state index in [4.69, 9.17) is 37.5 Å². The number of ether oxygens (including phenoxy) is 6. The Morgan fingerprint density at radius 1 is 0.415 bits per heavy atom. The van der Waals surface area contributed by atoms with E-state index in [1.165, 1.54) is 128 Å². The van der Waals surface area contributed by atoms with Crippen LogP contribution in [0.25, 0.3) is 0 Å². The zero-order valence-corrected chi connectivity index (χ0v) is 50.2. The molecule has 12 N–H and O–H groups in total. The van der Waals surface area contributed by atoms with E-state index in [0.29, 0.717) is 12.8 Å². The molecule has 0 aromatic carbocycles. The van der Waals surface area contributed by atoms with Crippen LogP contribution in [0.3, 0.4) is 0 Å². The minimum atomic E-state index is -5.63. The zero-order chi connectivity index (χ0) is 60.3. The van der Waals surface area contributed by atoms with Crippen LogP contribution >= 0.6 is 7.82 Å². The van der Waals surface area contributed by atoms with Crippen molar-refractivity contribution < 1.29 is 113 Å². The molecular weight excluding hydrogens is 1100 g/mol. The van der Waals surface area contributed by atoms with E-state index in [2.05, 4.69) is 13.8 Å². The van der Waals surface area contributed by atoms with E-state index in [0.717, 1.165) is 57.8 Å². The molecule has 16 unspecified atom stereocenters. The van der Waals surface area contributed by atoms with Gasteiger partial charge in [-0.05, 0) is 12.8 Å². The van der Waals surface area contributed by atoms with Crippen LogP contribution in [0.15, 0.2) is 0 Å². The Labute approximate surface area is 487 Å². The van der Waals surface area contributed by atoms with Crippen LogP contribution in [0, 0.1) is 0 Å². The standard InChI is InChI=1S/C58H109O23P/c1-3-5-7-9-11-13-15-17-19-20-21-23-24-26-28-30-32-34-43(61)74-38-40(76-44(62)35-33-31-29-27-25-22-18-16-14-12-10-8-6-4-2)39-75-82(72,73)81-56-54(79-57-52(70)47(65)45(63)41(36-59)77-57)50(68)49(67)51(69)55(56)80-58-53(71)48(66)46(64)42(37-60)78-58/h40-42,45-60,63-71H,3-39H2,1-2H3,(H,72,73). The molecule has 0 aromatic rings. The van der Waals surface area contributed by atoms with Crippen LogP contribution in [-0.2, 0) is 51.6 Å². The fourth-order valence-corrected chi connectivity index (χ4v) is 11.7. The molecule has 0 radical (unpaired) electrons. The van der Waals surface area contributed by atoms with E-state index in [-0.39, 0.29) is 12.8 Å². The Kier molecular flexibility index (Phi) is 39.3. The summed E-state index contributed by atoms with van der Waals surface area (Å²) in [6, 6.07) is 0. The van der Waals surface area contributed by atoms with Gasteiger partial charge in [-0.25, -0.2) is 4.57 Å². The quantitative estimate of drug-likeness (QED) is 0.0208. The van der Waals surface area contributed by atoms with Gasteiger partial charge in [-0.1, -0.05) is 200 Å². The number of hydrogen-bond donors (Lipinski definition) is 12. The normalized spacial score (nSPS) is 30.7. The average molecular weight is 1210 g/mol. The molecule has 2 aliphatic heterocycles. The third-order valence-corrected chi connectivity index (χ3v) is 16.9. The van der Waals surface area contributed by atoms with Gasteiger partial charge in [0.25, 0.3) is 0 Å². The van der Waals surface area contributed by atoms with E-state index < -0.39 is 150 Å². The van der Waals surface area contributed by atoms with E-state index in [9.17, 15) is 75.2 Å². The maximum atomic E-state index is 14.1. The summed E-state index contributed by atoms with van der Waals surface area (Å²) < 4.78 is 58.2. The first kappa shape index (κ1) is 74.7. The van der Waals surface area contributed by atoms with Crippen molar-refractivity contribution in [3.63, 3.8) is 0 Å². The van der Waals surface area contributed by atoms with Gasteiger partial charge in [-0.15, -0.1) is 0 Å². The number of esters is 2. The SMILES string of the molecule is CCCCCCCCCCCCCCCCCCCC(=O)OCC(COP(=O)(O)OC1C(OC2OC(CO)C(O)C(O)C2O)C(O)C(O)C(O)C1OC1OC(CO)C(O)C(O)C1O)OC(=O)CCCCCCCCCCCCCCCC. The number of unbranched alkanes of at least 4 members (excludes halogenated alkanes) is 29. The maximum Gasteiger partial charge on any atom is 0.472 e. The Morgan fingerprint density at radius 2 is 0.732 bits per heavy atom. The molecule has 0 amide bonds. The fourth-order valence-electron chi connectivity index (χ4n) is 10.7. The number of phosphoric ester groups is 1. The van der Waals surface area contributed by atoms with Crippen molar-refractivity contribution in [2.24, 2.45) is 0 Å². The molecule has 484 valence electrons. The minimum absolute atomic E-state index is 0.0247. The molecule has 2 saturated heterocycles. The highest BCUT2D eigenvalue weighted by Crippen LogP contribution is 2.49. The average Bonchev–Trinajstić information content (AvgIpc) is 3.00. The number of aliphatic hydroxyl groups is 11. The highest BCUT2D eigenvalue weighted by molar-refractivity contribution is 7.47. The lowest BCUT2D eigenvalue weighted by Gasteiger charge is -2.49. The lowest BCUT2D eigenvalue weighted by molar-refractivity contribution is -0.360. The van der Waals surface area contributed by atoms with Crippen molar-refractivity contribution in [2.75, 3.05) is 26.4 Å². The van der Waals surface area contributed by atoms with Gasteiger partial charge < -0.3 is 89.5 Å². The highest BCUT2D eigenvalue weighted by atomic mass is 31.2. The molecular formula is C58H109O23P. The van der Waals surface area contributed by atoms with Crippen molar-refractivity contribution in [3.8, 4) is 0 Å². The molecule has 3 rings (SSSR count). The van der Waals surface area contributed by atoms with Gasteiger partial charge in [0.1, 0.15) is 92.1 Å². The summed E-state index contributed by atoms with van der Waals surface area (Å²) in [6.07, 6.45) is 0.682. The number of phosphoric acid groups is 1. The smallest absolute Gasteiger partial charge is 0.462 e. The van der Waals surface area contributed by atoms with Crippen LogP contribution in [0.5, 0.6) is 0 Å². The fraction of sp³-hybridized carbons (Fsp3) is 0.966. The molecule has 1 saturated carbocycles. The summed E-state index contributed by atoms with van der Waals surface area (Å²) in [4.78, 5) is 37.6. The third kappa shape index (κ3) is 28.1. The lowest BCUT2D eigenvalue weighted by atomic mass is 9.84. The van der Waals surface area contributed by atoms with Crippen LogP contribution < -0.4 is 0 Å². The van der Waals surface area contributed by atoms with Gasteiger partial charge in [-0.3, -0.25) is 18.6 Å². The van der Waals surface area contributed by atoms with E-state index in [1.54, 1.807) is 0 Å². The molecule has 24 heteroatoms. The second kappa shape index (κ2) is 43.2. The number of rotatable bonds is 47. The summed E-state index contributed by atoms with van der Waals surface area (Å²) in [7, 11) is -5.63. The largest absolute Gasteiger partial charge is 0.472 e. The first-order valence-corrected chi connectivity index (χ1v) is 32.9. The van der Waals surface area contributed by atoms with Gasteiger partial charge in [0.15, 0.2) is 18.7 Å². The Morgan fingerprint density at radius 3 is 1.07 bits per heavy atom. The van der Waals surface area contributed by atoms with Gasteiger partial charge in [-0.2, -0.15) is 0 Å². The maximum absolute atomic E-state index is 14.1. The summed E-state index contributed by atoms with van der Waals surface area (Å²) in [5, 5.41) is 117. The monoisotopic (exact) mass is 1200 g/mol. The Balaban J connectivity index is 1.66. The van der Waals surface area contributed by atoms with Crippen molar-refractivity contribution >= 4 is 19.8 Å². The second-order valence-electron chi connectivity index (χ2n) is 23.0. The summed E-state index contributed by atoms with van der Waals surface area (Å²) in [5.41, 5.74) is 0. The van der Waals surface area contributed by atoms with Gasteiger partial charge in [0, 0.05) is 12.8 Å². The molecule has 3 fully saturated rings. The van der Waals surface area contributed by atoms with E-state index in [1.807, 2.05) is 0 Å². The first-order chi connectivity index (χ1) is 39.4. The molecule has 3 aliphatic rings. The number of aliphatic hydroxyl groups excluding tert-OH is 11. The van der Waals surface area contributed by atoms with Crippen molar-refractivity contribution in [2.45, 2.75) is 330 Å². The van der Waals surface area contributed by atoms with Crippen LogP contribution in [0.2, 0.25) is 0 Å². The highest BCUT2D eigenvalue weighted by Gasteiger charge is 2.58. The van der Waals surface area contributed by atoms with Crippen molar-refractivity contribution in [1.29, 1.82) is 0 Å².